The summed E-state index contributed by atoms with van der Waals surface area (Å²) in [5.74, 6) is -0.0383. The minimum Gasteiger partial charge on any atom is -0.358 e. The summed E-state index contributed by atoms with van der Waals surface area (Å²) in [5, 5.41) is 2.66. The fourth-order valence-corrected chi connectivity index (χ4v) is 2.18. The van der Waals surface area contributed by atoms with E-state index in [1.807, 2.05) is 27.7 Å². The normalized spacial score (nSPS) is 14.7. The number of hydrazine groups is 1. The molecule has 5 nitrogen and oxygen atoms in total. The van der Waals surface area contributed by atoms with E-state index < -0.39 is 0 Å². The number of amides is 1. The molecular weight excluding hydrogens is 204 g/mol. The molecule has 0 aromatic heterocycles. The summed E-state index contributed by atoms with van der Waals surface area (Å²) in [5.41, 5.74) is 11.3. The molecule has 5 N–H and O–H groups in total. The van der Waals surface area contributed by atoms with Gasteiger partial charge in [-0.05, 0) is 32.7 Å². The van der Waals surface area contributed by atoms with E-state index in [0.29, 0.717) is 0 Å². The second-order valence-electron chi connectivity index (χ2n) is 5.60. The van der Waals surface area contributed by atoms with E-state index >= 15 is 0 Å². The summed E-state index contributed by atoms with van der Waals surface area (Å²) in [4.78, 5) is 11.8. The van der Waals surface area contributed by atoms with E-state index in [1.54, 1.807) is 14.1 Å². The fourth-order valence-electron chi connectivity index (χ4n) is 2.18. The molecule has 0 aliphatic carbocycles. The third-order valence-corrected chi connectivity index (χ3v) is 2.49. The summed E-state index contributed by atoms with van der Waals surface area (Å²) < 4.78 is 0. The first-order chi connectivity index (χ1) is 7.14. The number of likely N-dealkylation sites (N-methyl/N-ethyl adjacent to an activating group) is 1. The molecule has 96 valence electrons. The van der Waals surface area contributed by atoms with Crippen LogP contribution >= 0.6 is 0 Å². The Bertz CT molecular complexity index is 233. The zero-order chi connectivity index (χ0) is 13.0. The molecule has 0 aliphatic heterocycles. The molecule has 5 heteroatoms. The largest absolute Gasteiger partial charge is 0.358 e. The van der Waals surface area contributed by atoms with Crippen LogP contribution in [0.1, 0.15) is 34.1 Å². The van der Waals surface area contributed by atoms with Gasteiger partial charge in [-0.25, -0.2) is 5.43 Å². The van der Waals surface area contributed by atoms with Crippen LogP contribution in [0.15, 0.2) is 0 Å². The zero-order valence-electron chi connectivity index (χ0n) is 11.3. The average molecular weight is 230 g/mol. The zero-order valence-corrected chi connectivity index (χ0v) is 11.3. The predicted octanol–water partition coefficient (Wildman–Crippen LogP) is -0.0214. The average Bonchev–Trinajstić information content (AvgIpc) is 2.08. The van der Waals surface area contributed by atoms with Crippen molar-refractivity contribution >= 4 is 5.91 Å². The molecule has 0 saturated carbocycles. The summed E-state index contributed by atoms with van der Waals surface area (Å²) in [7, 11) is 3.38. The Kier molecular flexibility index (Phi) is 5.38. The highest BCUT2D eigenvalue weighted by Crippen LogP contribution is 2.30. The minimum atomic E-state index is -0.315. The van der Waals surface area contributed by atoms with Gasteiger partial charge in [-0.1, -0.05) is 13.8 Å². The molecule has 0 radical (unpaired) electrons. The van der Waals surface area contributed by atoms with Gasteiger partial charge in [-0.2, -0.15) is 0 Å². The topological polar surface area (TPSA) is 79.2 Å². The van der Waals surface area contributed by atoms with Crippen molar-refractivity contribution in [1.29, 1.82) is 0 Å². The highest BCUT2D eigenvalue weighted by Gasteiger charge is 2.37. The lowest BCUT2D eigenvalue weighted by Crippen LogP contribution is -2.57. The third kappa shape index (κ3) is 4.92. The fraction of sp³-hybridized carbons (Fsp3) is 0.909. The number of carbonyl (C=O) groups excluding carboxylic acids is 1. The van der Waals surface area contributed by atoms with Gasteiger partial charge in [-0.3, -0.25) is 10.2 Å². The third-order valence-electron chi connectivity index (χ3n) is 2.49. The summed E-state index contributed by atoms with van der Waals surface area (Å²) in [6.45, 7) is 8.00. The van der Waals surface area contributed by atoms with Crippen molar-refractivity contribution in [3.63, 3.8) is 0 Å². The predicted molar refractivity (Wildman–Crippen MR) is 66.7 cm³/mol. The second kappa shape index (κ2) is 5.61. The van der Waals surface area contributed by atoms with Gasteiger partial charge in [0.2, 0.25) is 5.91 Å². The summed E-state index contributed by atoms with van der Waals surface area (Å²) >= 11 is 0. The Morgan fingerprint density at radius 1 is 1.25 bits per heavy atom. The van der Waals surface area contributed by atoms with Crippen LogP contribution in [0.3, 0.4) is 0 Å². The molecule has 0 heterocycles. The molecule has 16 heavy (non-hydrogen) atoms. The van der Waals surface area contributed by atoms with Crippen LogP contribution in [0, 0.1) is 5.41 Å². The lowest BCUT2D eigenvalue weighted by Gasteiger charge is -2.38. The molecule has 0 saturated heterocycles. The van der Waals surface area contributed by atoms with Crippen LogP contribution in [0.25, 0.3) is 0 Å². The van der Waals surface area contributed by atoms with Crippen molar-refractivity contribution in [2.45, 2.75) is 45.7 Å². The van der Waals surface area contributed by atoms with E-state index in [9.17, 15) is 4.79 Å². The number of nitrogens with two attached hydrogens (primary N) is 1. The number of hydrogen-bond acceptors (Lipinski definition) is 4. The van der Waals surface area contributed by atoms with Crippen molar-refractivity contribution in [2.24, 2.45) is 11.1 Å². The van der Waals surface area contributed by atoms with Crippen LogP contribution in [0.5, 0.6) is 0 Å². The molecule has 0 fully saturated rings. The Balaban J connectivity index is 4.81. The quantitative estimate of drug-likeness (QED) is 0.484. The highest BCUT2D eigenvalue weighted by molar-refractivity contribution is 5.82. The Labute approximate surface area is 98.5 Å². The molecule has 1 unspecified atom stereocenters. The molecule has 0 aromatic rings. The monoisotopic (exact) mass is 230 g/mol. The summed E-state index contributed by atoms with van der Waals surface area (Å²) in [6.07, 6.45) is 0.743. The molecule has 0 bridgehead atoms. The maximum Gasteiger partial charge on any atom is 0.238 e. The van der Waals surface area contributed by atoms with Gasteiger partial charge in [0, 0.05) is 12.6 Å². The number of rotatable bonds is 6. The molecule has 1 atom stereocenters. The van der Waals surface area contributed by atoms with Crippen molar-refractivity contribution in [2.75, 3.05) is 14.1 Å². The first-order valence-electron chi connectivity index (χ1n) is 5.57. The number of nitrogens with one attached hydrogen (secondary N) is 3. The van der Waals surface area contributed by atoms with Gasteiger partial charge < -0.3 is 11.1 Å². The smallest absolute Gasteiger partial charge is 0.238 e. The first kappa shape index (κ1) is 15.3. The Hall–Kier alpha value is -0.650. The highest BCUT2D eigenvalue weighted by atomic mass is 16.2. The molecular formula is C11H26N4O. The SMILES string of the molecule is CNNC(C(=O)NC)C(C)(C)CC(C)(C)N. The van der Waals surface area contributed by atoms with E-state index in [2.05, 4.69) is 16.2 Å². The van der Waals surface area contributed by atoms with Crippen LogP contribution in [0.2, 0.25) is 0 Å². The van der Waals surface area contributed by atoms with Crippen molar-refractivity contribution in [3.8, 4) is 0 Å². The lowest BCUT2D eigenvalue weighted by molar-refractivity contribution is -0.126. The minimum absolute atomic E-state index is 0.0383. The molecule has 0 aliphatic rings. The van der Waals surface area contributed by atoms with Gasteiger partial charge in [-0.15, -0.1) is 0 Å². The van der Waals surface area contributed by atoms with E-state index in [1.165, 1.54) is 0 Å². The standard InChI is InChI=1S/C11H26N4O/c1-10(2,7-11(3,4)12)8(15-14-6)9(16)13-5/h8,14-15H,7,12H2,1-6H3,(H,13,16). The molecule has 0 rings (SSSR count). The van der Waals surface area contributed by atoms with Gasteiger partial charge in [0.25, 0.3) is 0 Å². The van der Waals surface area contributed by atoms with E-state index in [0.717, 1.165) is 6.42 Å². The van der Waals surface area contributed by atoms with E-state index in [4.69, 9.17) is 5.73 Å². The molecule has 1 amide bonds. The maximum absolute atomic E-state index is 11.8. The first-order valence-corrected chi connectivity index (χ1v) is 5.57. The van der Waals surface area contributed by atoms with Gasteiger partial charge >= 0.3 is 0 Å². The van der Waals surface area contributed by atoms with Gasteiger partial charge in [0.1, 0.15) is 6.04 Å². The molecule has 0 spiro atoms. The van der Waals surface area contributed by atoms with Crippen LogP contribution < -0.4 is 21.9 Å². The molecule has 0 aromatic carbocycles. The van der Waals surface area contributed by atoms with Gasteiger partial charge in [0.15, 0.2) is 0 Å². The Morgan fingerprint density at radius 3 is 2.06 bits per heavy atom. The second-order valence-corrected chi connectivity index (χ2v) is 5.60. The lowest BCUT2D eigenvalue weighted by atomic mass is 9.75. The number of carbonyl (C=O) groups is 1. The Morgan fingerprint density at radius 2 is 1.75 bits per heavy atom. The maximum atomic E-state index is 11.8. The van der Waals surface area contributed by atoms with Crippen LogP contribution in [-0.4, -0.2) is 31.6 Å². The summed E-state index contributed by atoms with van der Waals surface area (Å²) in [6, 6.07) is -0.315. The van der Waals surface area contributed by atoms with Crippen LogP contribution in [-0.2, 0) is 4.79 Å². The van der Waals surface area contributed by atoms with Crippen molar-refractivity contribution < 1.29 is 4.79 Å². The van der Waals surface area contributed by atoms with Crippen molar-refractivity contribution in [3.05, 3.63) is 0 Å². The van der Waals surface area contributed by atoms with Gasteiger partial charge in [0.05, 0.1) is 0 Å². The van der Waals surface area contributed by atoms with Crippen molar-refractivity contribution in [1.82, 2.24) is 16.2 Å². The van der Waals surface area contributed by atoms with E-state index in [-0.39, 0.29) is 22.9 Å². The van der Waals surface area contributed by atoms with Crippen LogP contribution in [0.4, 0.5) is 0 Å². The number of hydrogen-bond donors (Lipinski definition) is 4.